The molecule has 1 aromatic carbocycles. The fraction of sp³-hybridized carbons (Fsp3) is 0.375. The zero-order chi connectivity index (χ0) is 13.1. The minimum Gasteiger partial charge on any atom is -0.308 e. The third-order valence-electron chi connectivity index (χ3n) is 3.51. The highest BCUT2D eigenvalue weighted by Gasteiger charge is 2.30. The van der Waals surface area contributed by atoms with Crippen LogP contribution in [0.25, 0.3) is 0 Å². The molecule has 1 aromatic heterocycles. The first-order valence-electron chi connectivity index (χ1n) is 6.90. The van der Waals surface area contributed by atoms with Crippen molar-refractivity contribution in [1.82, 2.24) is 5.32 Å². The molecule has 0 aliphatic carbocycles. The molecule has 1 nitrogen and oxygen atoms in total. The molecule has 2 aromatic rings. The lowest BCUT2D eigenvalue weighted by Gasteiger charge is -2.23. The van der Waals surface area contributed by atoms with E-state index in [2.05, 4.69) is 54.0 Å². The van der Waals surface area contributed by atoms with Crippen molar-refractivity contribution in [2.75, 3.05) is 6.54 Å². The van der Waals surface area contributed by atoms with Crippen molar-refractivity contribution in [2.45, 2.75) is 36.0 Å². The van der Waals surface area contributed by atoms with Crippen LogP contribution in [0.1, 0.15) is 29.8 Å². The first-order valence-corrected chi connectivity index (χ1v) is 8.65. The van der Waals surface area contributed by atoms with Gasteiger partial charge in [-0.1, -0.05) is 31.2 Å². The molecule has 0 saturated carbocycles. The topological polar surface area (TPSA) is 12.0 Å². The van der Waals surface area contributed by atoms with E-state index in [1.54, 1.807) is 0 Å². The van der Waals surface area contributed by atoms with Gasteiger partial charge in [-0.25, -0.2) is 0 Å². The third kappa shape index (κ3) is 2.88. The van der Waals surface area contributed by atoms with Crippen LogP contribution >= 0.6 is 23.1 Å². The van der Waals surface area contributed by atoms with E-state index in [1.807, 2.05) is 23.1 Å². The molecule has 1 aliphatic heterocycles. The Hall–Kier alpha value is -0.770. The molecule has 2 atom stereocenters. The maximum atomic E-state index is 3.74. The monoisotopic (exact) mass is 289 g/mol. The molecular weight excluding hydrogens is 270 g/mol. The van der Waals surface area contributed by atoms with Gasteiger partial charge in [-0.05, 0) is 42.5 Å². The summed E-state index contributed by atoms with van der Waals surface area (Å²) in [6.07, 6.45) is 2.37. The first kappa shape index (κ1) is 13.2. The Kier molecular flexibility index (Phi) is 4.26. The second-order valence-electron chi connectivity index (χ2n) is 4.92. The van der Waals surface area contributed by atoms with Crippen molar-refractivity contribution in [3.05, 3.63) is 52.2 Å². The van der Waals surface area contributed by atoms with Crippen LogP contribution in [0.3, 0.4) is 0 Å². The van der Waals surface area contributed by atoms with Crippen LogP contribution in [0.2, 0.25) is 0 Å². The molecule has 0 amide bonds. The van der Waals surface area contributed by atoms with E-state index in [9.17, 15) is 0 Å². The Labute approximate surface area is 123 Å². The third-order valence-corrected chi connectivity index (χ3v) is 5.86. The molecular formula is C16H19NS2. The average molecular weight is 289 g/mol. The fourth-order valence-electron chi connectivity index (χ4n) is 2.58. The van der Waals surface area contributed by atoms with Gasteiger partial charge in [0.15, 0.2) is 0 Å². The van der Waals surface area contributed by atoms with E-state index >= 15 is 0 Å². The predicted molar refractivity (Wildman–Crippen MR) is 85.1 cm³/mol. The molecule has 0 saturated heterocycles. The minimum absolute atomic E-state index is 0.484. The summed E-state index contributed by atoms with van der Waals surface area (Å²) in [6.45, 7) is 3.32. The molecule has 19 heavy (non-hydrogen) atoms. The lowest BCUT2D eigenvalue weighted by molar-refractivity contribution is 0.521. The van der Waals surface area contributed by atoms with E-state index in [-0.39, 0.29) is 0 Å². The highest BCUT2D eigenvalue weighted by molar-refractivity contribution is 8.00. The van der Waals surface area contributed by atoms with Gasteiger partial charge in [-0.3, -0.25) is 0 Å². The molecule has 3 heteroatoms. The Morgan fingerprint density at radius 3 is 2.89 bits per heavy atom. The van der Waals surface area contributed by atoms with E-state index in [0.29, 0.717) is 11.3 Å². The molecule has 0 radical (unpaired) electrons. The number of thiophene rings is 1. The van der Waals surface area contributed by atoms with E-state index in [1.165, 1.54) is 28.2 Å². The molecule has 0 spiro atoms. The second kappa shape index (κ2) is 6.12. The Morgan fingerprint density at radius 2 is 2.16 bits per heavy atom. The zero-order valence-corrected chi connectivity index (χ0v) is 12.8. The second-order valence-corrected chi connectivity index (χ2v) is 7.18. The number of rotatable bonds is 5. The summed E-state index contributed by atoms with van der Waals surface area (Å²) in [5.41, 5.74) is 1.51. The van der Waals surface area contributed by atoms with Crippen LogP contribution in [0, 0.1) is 0 Å². The molecule has 0 fully saturated rings. The quantitative estimate of drug-likeness (QED) is 0.869. The number of fused-ring (bicyclic) bond motifs is 1. The van der Waals surface area contributed by atoms with Crippen molar-refractivity contribution in [2.24, 2.45) is 0 Å². The zero-order valence-electron chi connectivity index (χ0n) is 11.1. The maximum absolute atomic E-state index is 3.74. The average Bonchev–Trinajstić information content (AvgIpc) is 3.08. The predicted octanol–water partition coefficient (Wildman–Crippen LogP) is 4.51. The van der Waals surface area contributed by atoms with Gasteiger partial charge >= 0.3 is 0 Å². The maximum Gasteiger partial charge on any atom is 0.0542 e. The van der Waals surface area contributed by atoms with Crippen molar-refractivity contribution >= 4 is 23.1 Å². The number of benzene rings is 1. The fourth-order valence-corrected chi connectivity index (χ4v) is 4.96. The van der Waals surface area contributed by atoms with Crippen molar-refractivity contribution in [1.29, 1.82) is 0 Å². The summed E-state index contributed by atoms with van der Waals surface area (Å²) >= 11 is 3.91. The molecule has 100 valence electrons. The number of nitrogens with one attached hydrogen (secondary N) is 1. The normalized spacial score (nSPS) is 19.3. The van der Waals surface area contributed by atoms with Gasteiger partial charge in [0.25, 0.3) is 0 Å². The number of thioether (sulfide) groups is 1. The number of hydrogen-bond donors (Lipinski definition) is 1. The highest BCUT2D eigenvalue weighted by atomic mass is 32.2. The summed E-state index contributed by atoms with van der Waals surface area (Å²) in [6, 6.07) is 13.7. The smallest absolute Gasteiger partial charge is 0.0542 e. The van der Waals surface area contributed by atoms with Crippen LogP contribution < -0.4 is 5.32 Å². The molecule has 1 aliphatic rings. The van der Waals surface area contributed by atoms with Crippen molar-refractivity contribution < 1.29 is 0 Å². The molecule has 2 unspecified atom stereocenters. The number of hydrogen-bond acceptors (Lipinski definition) is 3. The molecule has 3 rings (SSSR count). The lowest BCUT2D eigenvalue weighted by Crippen LogP contribution is -2.30. The summed E-state index contributed by atoms with van der Waals surface area (Å²) in [5, 5.41) is 6.55. The standard InChI is InChI=1S/C16H19NS2/c1-2-9-17-16(14-8-5-10-18-14)15-11-12-6-3-4-7-13(12)19-15/h3-8,10,15-17H,2,9,11H2,1H3. The van der Waals surface area contributed by atoms with Gasteiger partial charge in [-0.15, -0.1) is 23.1 Å². The van der Waals surface area contributed by atoms with Crippen molar-refractivity contribution in [3.8, 4) is 0 Å². The summed E-state index contributed by atoms with van der Waals surface area (Å²) in [7, 11) is 0. The van der Waals surface area contributed by atoms with E-state index < -0.39 is 0 Å². The van der Waals surface area contributed by atoms with Crippen LogP contribution in [0.15, 0.2) is 46.7 Å². The molecule has 2 heterocycles. The van der Waals surface area contributed by atoms with Gasteiger partial charge in [0.05, 0.1) is 6.04 Å². The van der Waals surface area contributed by atoms with Crippen LogP contribution in [0.5, 0.6) is 0 Å². The summed E-state index contributed by atoms with van der Waals surface area (Å²) in [4.78, 5) is 2.94. The summed E-state index contributed by atoms with van der Waals surface area (Å²) in [5.74, 6) is 0. The van der Waals surface area contributed by atoms with E-state index in [0.717, 1.165) is 6.54 Å². The van der Waals surface area contributed by atoms with Crippen molar-refractivity contribution in [3.63, 3.8) is 0 Å². The van der Waals surface area contributed by atoms with Gasteiger partial charge in [-0.2, -0.15) is 0 Å². The molecule has 0 bridgehead atoms. The largest absolute Gasteiger partial charge is 0.308 e. The Bertz CT molecular complexity index is 496. The van der Waals surface area contributed by atoms with Gasteiger partial charge in [0.2, 0.25) is 0 Å². The lowest BCUT2D eigenvalue weighted by atomic mass is 10.0. The van der Waals surface area contributed by atoms with E-state index in [4.69, 9.17) is 0 Å². The molecule has 1 N–H and O–H groups in total. The highest BCUT2D eigenvalue weighted by Crippen LogP contribution is 2.43. The Balaban J connectivity index is 1.79. The van der Waals surface area contributed by atoms with Gasteiger partial charge in [0.1, 0.15) is 0 Å². The first-order chi connectivity index (χ1) is 9.38. The van der Waals surface area contributed by atoms with Crippen LogP contribution in [0.4, 0.5) is 0 Å². The van der Waals surface area contributed by atoms with Gasteiger partial charge < -0.3 is 5.32 Å². The van der Waals surface area contributed by atoms with Crippen LogP contribution in [-0.4, -0.2) is 11.8 Å². The van der Waals surface area contributed by atoms with Crippen LogP contribution in [-0.2, 0) is 6.42 Å². The van der Waals surface area contributed by atoms with Gasteiger partial charge in [0, 0.05) is 15.0 Å². The summed E-state index contributed by atoms with van der Waals surface area (Å²) < 4.78 is 0. The SMILES string of the molecule is CCCNC(c1cccs1)C1Cc2ccccc2S1. The Morgan fingerprint density at radius 1 is 1.26 bits per heavy atom. The minimum atomic E-state index is 0.484.